The maximum Gasteiger partial charge on any atom is 0.0528 e. The van der Waals surface area contributed by atoms with E-state index in [4.69, 9.17) is 0 Å². The molecule has 1 aliphatic carbocycles. The van der Waals surface area contributed by atoms with E-state index in [2.05, 4.69) is 181 Å². The van der Waals surface area contributed by atoms with Crippen LogP contribution in [0.5, 0.6) is 0 Å². The van der Waals surface area contributed by atoms with Crippen molar-refractivity contribution in [2.75, 3.05) is 4.90 Å². The van der Waals surface area contributed by atoms with Gasteiger partial charge >= 0.3 is 0 Å². The number of hydrogen-bond acceptors (Lipinski definition) is 1. The average molecular weight is 553 g/mol. The number of benzene rings is 6. The molecule has 0 bridgehead atoms. The molecule has 0 fully saturated rings. The van der Waals surface area contributed by atoms with Crippen molar-refractivity contribution in [3.63, 3.8) is 0 Å². The smallest absolute Gasteiger partial charge is 0.0528 e. The fourth-order valence-corrected chi connectivity index (χ4v) is 6.78. The van der Waals surface area contributed by atoms with Crippen LogP contribution < -0.4 is 4.90 Å². The second-order valence-electron chi connectivity index (χ2n) is 11.9. The fourth-order valence-electron chi connectivity index (χ4n) is 6.78. The van der Waals surface area contributed by atoms with Gasteiger partial charge in [0, 0.05) is 34.4 Å². The number of anilines is 3. The van der Waals surface area contributed by atoms with Crippen LogP contribution in [-0.4, -0.2) is 4.57 Å². The van der Waals surface area contributed by atoms with Crippen LogP contribution >= 0.6 is 0 Å². The molecule has 6 aromatic carbocycles. The van der Waals surface area contributed by atoms with Gasteiger partial charge in [0.05, 0.1) is 5.52 Å². The number of nitrogens with zero attached hydrogens (tertiary/aromatic N) is 2. The Hall–Kier alpha value is -5.34. The van der Waals surface area contributed by atoms with Crippen LogP contribution in [0.3, 0.4) is 0 Å². The van der Waals surface area contributed by atoms with Gasteiger partial charge in [0.1, 0.15) is 0 Å². The quantitative estimate of drug-likeness (QED) is 0.206. The van der Waals surface area contributed by atoms with Crippen molar-refractivity contribution in [1.82, 2.24) is 4.57 Å². The second-order valence-corrected chi connectivity index (χ2v) is 11.9. The van der Waals surface area contributed by atoms with E-state index >= 15 is 0 Å². The summed E-state index contributed by atoms with van der Waals surface area (Å²) in [4.78, 5) is 2.36. The third kappa shape index (κ3) is 4.18. The van der Waals surface area contributed by atoms with E-state index in [1.165, 1.54) is 55.7 Å². The Morgan fingerprint density at radius 1 is 0.488 bits per heavy atom. The lowest BCUT2D eigenvalue weighted by molar-refractivity contribution is 0.660. The van der Waals surface area contributed by atoms with Crippen LogP contribution in [-0.2, 0) is 5.41 Å². The lowest BCUT2D eigenvalue weighted by Gasteiger charge is -2.28. The molecule has 2 nitrogen and oxygen atoms in total. The van der Waals surface area contributed by atoms with Crippen molar-refractivity contribution >= 4 is 28.0 Å². The normalized spacial score (nSPS) is 13.1. The highest BCUT2D eigenvalue weighted by Crippen LogP contribution is 2.50. The molecule has 8 rings (SSSR count). The van der Waals surface area contributed by atoms with Gasteiger partial charge in [-0.3, -0.25) is 0 Å². The van der Waals surface area contributed by atoms with E-state index in [-0.39, 0.29) is 5.41 Å². The van der Waals surface area contributed by atoms with Crippen molar-refractivity contribution < 1.29 is 0 Å². The monoisotopic (exact) mass is 552 g/mol. The Labute approximate surface area is 253 Å². The number of fused-ring (bicyclic) bond motifs is 4. The van der Waals surface area contributed by atoms with Crippen molar-refractivity contribution in [2.45, 2.75) is 19.3 Å². The van der Waals surface area contributed by atoms with Gasteiger partial charge < -0.3 is 9.47 Å². The predicted octanol–water partition coefficient (Wildman–Crippen LogP) is 11.1. The Morgan fingerprint density at radius 2 is 1.09 bits per heavy atom. The first-order valence-corrected chi connectivity index (χ1v) is 14.9. The molecule has 7 aromatic rings. The summed E-state index contributed by atoms with van der Waals surface area (Å²) in [6.07, 6.45) is 2.14. The van der Waals surface area contributed by atoms with Crippen molar-refractivity contribution in [3.8, 4) is 27.9 Å². The van der Waals surface area contributed by atoms with Gasteiger partial charge in [-0.1, -0.05) is 105 Å². The maximum absolute atomic E-state index is 2.39. The molecule has 0 N–H and O–H groups in total. The van der Waals surface area contributed by atoms with Gasteiger partial charge in [-0.05, 0) is 99.4 Å². The Balaban J connectivity index is 1.15. The zero-order valence-electron chi connectivity index (χ0n) is 24.4. The minimum absolute atomic E-state index is 0.0484. The highest BCUT2D eigenvalue weighted by molar-refractivity contribution is 5.86. The predicted molar refractivity (Wildman–Crippen MR) is 181 cm³/mol. The molecule has 0 unspecified atom stereocenters. The van der Waals surface area contributed by atoms with E-state index in [0.717, 1.165) is 11.4 Å². The maximum atomic E-state index is 2.39. The lowest BCUT2D eigenvalue weighted by Crippen LogP contribution is -2.16. The molecule has 0 saturated heterocycles. The fraction of sp³-hybridized carbons (Fsp3) is 0.0732. The van der Waals surface area contributed by atoms with Gasteiger partial charge in [-0.15, -0.1) is 0 Å². The van der Waals surface area contributed by atoms with Crippen LogP contribution in [0.25, 0.3) is 38.8 Å². The SMILES string of the molecule is CC1(C)c2ccccc2-c2ccc(N(c3ccccc3)c3ccc(-c4ccc(-n5ccc6ccccc65)cc4)cc3)cc21. The summed E-state index contributed by atoms with van der Waals surface area (Å²) in [5.41, 5.74) is 13.7. The summed E-state index contributed by atoms with van der Waals surface area (Å²) in [6, 6.07) is 54.9. The van der Waals surface area contributed by atoms with E-state index in [9.17, 15) is 0 Å². The average Bonchev–Trinajstić information content (AvgIpc) is 3.59. The molecule has 2 heteroatoms. The van der Waals surface area contributed by atoms with E-state index in [0.29, 0.717) is 0 Å². The molecule has 0 amide bonds. The van der Waals surface area contributed by atoms with Crippen molar-refractivity contribution in [3.05, 3.63) is 169 Å². The van der Waals surface area contributed by atoms with Crippen LogP contribution in [0.2, 0.25) is 0 Å². The summed E-state index contributed by atoms with van der Waals surface area (Å²) in [5, 5.41) is 1.25. The summed E-state index contributed by atoms with van der Waals surface area (Å²) in [5.74, 6) is 0. The zero-order chi connectivity index (χ0) is 29.0. The molecule has 0 spiro atoms. The summed E-state index contributed by atoms with van der Waals surface area (Å²) >= 11 is 0. The summed E-state index contributed by atoms with van der Waals surface area (Å²) < 4.78 is 2.25. The zero-order valence-corrected chi connectivity index (χ0v) is 24.4. The first-order chi connectivity index (χ1) is 21.1. The summed E-state index contributed by atoms with van der Waals surface area (Å²) in [7, 11) is 0. The van der Waals surface area contributed by atoms with E-state index < -0.39 is 0 Å². The van der Waals surface area contributed by atoms with Crippen LogP contribution in [0.1, 0.15) is 25.0 Å². The van der Waals surface area contributed by atoms with Gasteiger partial charge in [0.15, 0.2) is 0 Å². The topological polar surface area (TPSA) is 8.17 Å². The van der Waals surface area contributed by atoms with Crippen molar-refractivity contribution in [2.24, 2.45) is 0 Å². The molecule has 0 saturated carbocycles. The van der Waals surface area contributed by atoms with Crippen LogP contribution in [0, 0.1) is 0 Å². The minimum atomic E-state index is -0.0484. The Morgan fingerprint density at radius 3 is 1.88 bits per heavy atom. The molecule has 0 atom stereocenters. The third-order valence-corrected chi connectivity index (χ3v) is 9.04. The molecule has 206 valence electrons. The molecular formula is C41H32N2. The number of rotatable bonds is 5. The highest BCUT2D eigenvalue weighted by atomic mass is 15.1. The first-order valence-electron chi connectivity index (χ1n) is 14.9. The molecule has 1 aliphatic rings. The molecule has 1 aromatic heterocycles. The molecule has 1 heterocycles. The Bertz CT molecular complexity index is 2080. The third-order valence-electron chi connectivity index (χ3n) is 9.04. The highest BCUT2D eigenvalue weighted by Gasteiger charge is 2.35. The van der Waals surface area contributed by atoms with E-state index in [1.54, 1.807) is 0 Å². The molecule has 43 heavy (non-hydrogen) atoms. The largest absolute Gasteiger partial charge is 0.317 e. The number of aromatic nitrogens is 1. The summed E-state index contributed by atoms with van der Waals surface area (Å²) in [6.45, 7) is 4.68. The van der Waals surface area contributed by atoms with Crippen LogP contribution in [0.15, 0.2) is 158 Å². The minimum Gasteiger partial charge on any atom is -0.317 e. The van der Waals surface area contributed by atoms with Gasteiger partial charge in [-0.25, -0.2) is 0 Å². The number of hydrogen-bond donors (Lipinski definition) is 0. The molecule has 0 radical (unpaired) electrons. The Kier molecular flexibility index (Phi) is 5.84. The molecule has 0 aliphatic heterocycles. The second kappa shape index (κ2) is 9.89. The van der Waals surface area contributed by atoms with Crippen molar-refractivity contribution in [1.29, 1.82) is 0 Å². The molecular weight excluding hydrogens is 520 g/mol. The first kappa shape index (κ1) is 25.4. The van der Waals surface area contributed by atoms with Gasteiger partial charge in [0.25, 0.3) is 0 Å². The standard InChI is InChI=1S/C41H32N2/c1-41(2)38-14-8-7-13-36(38)37-25-24-35(28-39(37)41)43(33-11-4-3-5-12-33)34-22-18-30(19-23-34)29-16-20-32(21-17-29)42-27-26-31-10-6-9-15-40(31)42/h3-28H,1-2H3. The van der Waals surface area contributed by atoms with Gasteiger partial charge in [0.2, 0.25) is 0 Å². The van der Waals surface area contributed by atoms with E-state index in [1.807, 2.05) is 0 Å². The number of para-hydroxylation sites is 2. The lowest BCUT2D eigenvalue weighted by atomic mass is 9.82. The van der Waals surface area contributed by atoms with Gasteiger partial charge in [-0.2, -0.15) is 0 Å². The van der Waals surface area contributed by atoms with Crippen LogP contribution in [0.4, 0.5) is 17.1 Å².